The maximum atomic E-state index is 12.7. The number of aromatic nitrogens is 1. The van der Waals surface area contributed by atoms with Crippen molar-refractivity contribution in [3.63, 3.8) is 0 Å². The summed E-state index contributed by atoms with van der Waals surface area (Å²) in [6.45, 7) is 1.39. The highest BCUT2D eigenvalue weighted by Crippen LogP contribution is 2.31. The molecule has 88 valence electrons. The molecule has 0 fully saturated rings. The van der Waals surface area contributed by atoms with Gasteiger partial charge in [0.25, 0.3) is 6.43 Å². The molecular formula is C10H11F2NO3. The molecule has 0 aliphatic rings. The van der Waals surface area contributed by atoms with Crippen LogP contribution in [-0.2, 0) is 4.74 Å². The normalized spacial score (nSPS) is 10.4. The van der Waals surface area contributed by atoms with Gasteiger partial charge in [-0.3, -0.25) is 0 Å². The molecule has 0 unspecified atom stereocenters. The van der Waals surface area contributed by atoms with Gasteiger partial charge in [0.05, 0.1) is 25.5 Å². The summed E-state index contributed by atoms with van der Waals surface area (Å²) < 4.78 is 34.5. The Hall–Kier alpha value is -1.72. The number of esters is 1. The van der Waals surface area contributed by atoms with Crippen molar-refractivity contribution in [2.45, 2.75) is 13.3 Å². The lowest BCUT2D eigenvalue weighted by molar-refractivity contribution is 0.0592. The summed E-state index contributed by atoms with van der Waals surface area (Å²) in [6, 6.07) is 1.14. The average molecular weight is 231 g/mol. The Morgan fingerprint density at radius 2 is 2.06 bits per heavy atom. The van der Waals surface area contributed by atoms with Crippen molar-refractivity contribution in [2.75, 3.05) is 14.2 Å². The lowest BCUT2D eigenvalue weighted by Gasteiger charge is -2.11. The van der Waals surface area contributed by atoms with Crippen molar-refractivity contribution in [1.29, 1.82) is 0 Å². The van der Waals surface area contributed by atoms with Crippen LogP contribution in [0, 0.1) is 6.92 Å². The van der Waals surface area contributed by atoms with Gasteiger partial charge in [-0.15, -0.1) is 0 Å². The van der Waals surface area contributed by atoms with Crippen LogP contribution in [0.4, 0.5) is 8.78 Å². The van der Waals surface area contributed by atoms with Gasteiger partial charge in [-0.25, -0.2) is 18.6 Å². The zero-order chi connectivity index (χ0) is 12.3. The molecule has 0 spiro atoms. The SMILES string of the molecule is COC(=O)c1cc(OC)c(C(F)F)c(C)n1. The minimum atomic E-state index is -2.70. The highest BCUT2D eigenvalue weighted by atomic mass is 19.3. The molecule has 0 amide bonds. The molecule has 0 N–H and O–H groups in total. The standard InChI is InChI=1S/C10H11F2NO3/c1-5-8(9(11)12)7(15-2)4-6(13-5)10(14)16-3/h4,9H,1-3H3. The van der Waals surface area contributed by atoms with Crippen LogP contribution in [-0.4, -0.2) is 25.2 Å². The van der Waals surface area contributed by atoms with E-state index in [-0.39, 0.29) is 22.7 Å². The van der Waals surface area contributed by atoms with Gasteiger partial charge in [-0.2, -0.15) is 0 Å². The third-order valence-electron chi connectivity index (χ3n) is 2.04. The molecule has 1 aromatic heterocycles. The number of methoxy groups -OCH3 is 2. The van der Waals surface area contributed by atoms with Crippen LogP contribution in [0.15, 0.2) is 6.07 Å². The average Bonchev–Trinajstić information content (AvgIpc) is 2.26. The molecule has 0 aliphatic heterocycles. The molecule has 1 heterocycles. The molecule has 0 atom stereocenters. The second-order valence-corrected chi connectivity index (χ2v) is 3.00. The number of carbonyl (C=O) groups is 1. The Morgan fingerprint density at radius 3 is 2.50 bits per heavy atom. The smallest absolute Gasteiger partial charge is 0.356 e. The van der Waals surface area contributed by atoms with Gasteiger partial charge in [0, 0.05) is 6.07 Å². The number of halogens is 2. The molecule has 16 heavy (non-hydrogen) atoms. The van der Waals surface area contributed by atoms with Crippen molar-refractivity contribution in [1.82, 2.24) is 4.98 Å². The molecule has 0 aromatic carbocycles. The number of ether oxygens (including phenoxy) is 2. The molecule has 0 aliphatic carbocycles. The molecular weight excluding hydrogens is 220 g/mol. The number of hydrogen-bond acceptors (Lipinski definition) is 4. The van der Waals surface area contributed by atoms with E-state index in [2.05, 4.69) is 9.72 Å². The number of aryl methyl sites for hydroxylation is 1. The number of hydrogen-bond donors (Lipinski definition) is 0. The van der Waals surface area contributed by atoms with Gasteiger partial charge in [-0.1, -0.05) is 0 Å². The van der Waals surface area contributed by atoms with Gasteiger partial charge >= 0.3 is 5.97 Å². The molecule has 0 saturated carbocycles. The van der Waals surface area contributed by atoms with E-state index in [1.165, 1.54) is 21.1 Å². The van der Waals surface area contributed by atoms with E-state index >= 15 is 0 Å². The Balaban J connectivity index is 3.32. The molecule has 6 heteroatoms. The summed E-state index contributed by atoms with van der Waals surface area (Å²) in [5, 5.41) is 0. The van der Waals surface area contributed by atoms with E-state index in [0.717, 1.165) is 6.07 Å². The van der Waals surface area contributed by atoms with Crippen molar-refractivity contribution in [3.05, 3.63) is 23.0 Å². The highest BCUT2D eigenvalue weighted by Gasteiger charge is 2.21. The number of rotatable bonds is 3. The third kappa shape index (κ3) is 2.26. The fourth-order valence-electron chi connectivity index (χ4n) is 1.30. The Bertz CT molecular complexity index is 407. The number of nitrogens with zero attached hydrogens (tertiary/aromatic N) is 1. The summed E-state index contributed by atoms with van der Waals surface area (Å²) in [5.74, 6) is -0.759. The van der Waals surface area contributed by atoms with Crippen LogP contribution in [0.1, 0.15) is 28.2 Å². The Morgan fingerprint density at radius 1 is 1.44 bits per heavy atom. The van der Waals surface area contributed by atoms with Gasteiger partial charge in [0.1, 0.15) is 5.75 Å². The van der Waals surface area contributed by atoms with Gasteiger partial charge in [-0.05, 0) is 6.92 Å². The number of pyridine rings is 1. The third-order valence-corrected chi connectivity index (χ3v) is 2.04. The Kier molecular flexibility index (Phi) is 3.76. The van der Waals surface area contributed by atoms with Crippen LogP contribution >= 0.6 is 0 Å². The first-order chi connectivity index (χ1) is 7.51. The van der Waals surface area contributed by atoms with E-state index in [1.807, 2.05) is 0 Å². The summed E-state index contributed by atoms with van der Waals surface area (Å²) in [7, 11) is 2.44. The highest BCUT2D eigenvalue weighted by molar-refractivity contribution is 5.87. The zero-order valence-corrected chi connectivity index (χ0v) is 9.08. The van der Waals surface area contributed by atoms with Crippen LogP contribution in [0.5, 0.6) is 5.75 Å². The molecule has 1 rings (SSSR count). The van der Waals surface area contributed by atoms with Crippen LogP contribution in [0.2, 0.25) is 0 Å². The fraction of sp³-hybridized carbons (Fsp3) is 0.400. The van der Waals surface area contributed by atoms with E-state index < -0.39 is 12.4 Å². The van der Waals surface area contributed by atoms with E-state index in [4.69, 9.17) is 4.74 Å². The van der Waals surface area contributed by atoms with Crippen molar-refractivity contribution < 1.29 is 23.0 Å². The van der Waals surface area contributed by atoms with Gasteiger partial charge in [0.15, 0.2) is 5.69 Å². The van der Waals surface area contributed by atoms with Crippen LogP contribution in [0.25, 0.3) is 0 Å². The largest absolute Gasteiger partial charge is 0.496 e. The molecule has 0 bridgehead atoms. The summed E-state index contributed by atoms with van der Waals surface area (Å²) in [4.78, 5) is 14.9. The molecule has 4 nitrogen and oxygen atoms in total. The minimum absolute atomic E-state index is 0.0507. The van der Waals surface area contributed by atoms with E-state index in [1.54, 1.807) is 0 Å². The Labute approximate surface area is 91.2 Å². The first kappa shape index (κ1) is 12.4. The van der Waals surface area contributed by atoms with Crippen molar-refractivity contribution in [2.24, 2.45) is 0 Å². The fourth-order valence-corrected chi connectivity index (χ4v) is 1.30. The topological polar surface area (TPSA) is 48.4 Å². The maximum absolute atomic E-state index is 12.7. The summed E-state index contributed by atoms with van der Waals surface area (Å²) in [5.41, 5.74) is -0.314. The van der Waals surface area contributed by atoms with E-state index in [0.29, 0.717) is 0 Å². The van der Waals surface area contributed by atoms with Gasteiger partial charge < -0.3 is 9.47 Å². The second-order valence-electron chi connectivity index (χ2n) is 3.00. The van der Waals surface area contributed by atoms with Crippen molar-refractivity contribution >= 4 is 5.97 Å². The second kappa shape index (κ2) is 4.87. The maximum Gasteiger partial charge on any atom is 0.356 e. The first-order valence-electron chi connectivity index (χ1n) is 4.43. The number of carbonyl (C=O) groups excluding carboxylic acids is 1. The predicted octanol–water partition coefficient (Wildman–Crippen LogP) is 2.12. The van der Waals surface area contributed by atoms with Crippen molar-refractivity contribution in [3.8, 4) is 5.75 Å². The number of alkyl halides is 2. The monoisotopic (exact) mass is 231 g/mol. The molecule has 0 saturated heterocycles. The van der Waals surface area contributed by atoms with E-state index in [9.17, 15) is 13.6 Å². The first-order valence-corrected chi connectivity index (χ1v) is 4.43. The predicted molar refractivity (Wildman–Crippen MR) is 51.8 cm³/mol. The minimum Gasteiger partial charge on any atom is -0.496 e. The zero-order valence-electron chi connectivity index (χ0n) is 9.08. The molecule has 0 radical (unpaired) electrons. The lowest BCUT2D eigenvalue weighted by Crippen LogP contribution is -2.08. The van der Waals surface area contributed by atoms with Crippen LogP contribution in [0.3, 0.4) is 0 Å². The quantitative estimate of drug-likeness (QED) is 0.747. The summed E-state index contributed by atoms with van der Waals surface area (Å²) in [6.07, 6.45) is -2.70. The lowest BCUT2D eigenvalue weighted by atomic mass is 10.1. The summed E-state index contributed by atoms with van der Waals surface area (Å²) >= 11 is 0. The molecule has 1 aromatic rings. The van der Waals surface area contributed by atoms with Gasteiger partial charge in [0.2, 0.25) is 0 Å². The van der Waals surface area contributed by atoms with Crippen LogP contribution < -0.4 is 4.74 Å².